The molecule has 2 aromatic rings. The monoisotopic (exact) mass is 287 g/mol. The highest BCUT2D eigenvalue weighted by Gasteiger charge is 2.22. The topological polar surface area (TPSA) is 72.6 Å². The molecule has 0 saturated carbocycles. The summed E-state index contributed by atoms with van der Waals surface area (Å²) in [4.78, 5) is 11.3. The van der Waals surface area contributed by atoms with Crippen molar-refractivity contribution in [2.75, 3.05) is 7.11 Å². The Labute approximate surface area is 124 Å². The van der Waals surface area contributed by atoms with Crippen LogP contribution in [0, 0.1) is 0 Å². The normalized spacial score (nSPS) is 13.9. The fraction of sp³-hybridized carbons (Fsp3) is 0.353. The summed E-state index contributed by atoms with van der Waals surface area (Å²) < 4.78 is 5.24. The van der Waals surface area contributed by atoms with Gasteiger partial charge in [-0.1, -0.05) is 25.1 Å². The van der Waals surface area contributed by atoms with Crippen LogP contribution >= 0.6 is 0 Å². The first-order valence-corrected chi connectivity index (χ1v) is 7.08. The minimum Gasteiger partial charge on any atom is -0.497 e. The predicted octanol–water partition coefficient (Wildman–Crippen LogP) is 3.45. The molecule has 4 nitrogen and oxygen atoms in total. The van der Waals surface area contributed by atoms with Gasteiger partial charge in [0.2, 0.25) is 0 Å². The fourth-order valence-corrected chi connectivity index (χ4v) is 2.60. The number of hydrogen-bond donors (Lipinski definition) is 2. The molecule has 0 aliphatic heterocycles. The van der Waals surface area contributed by atoms with Crippen LogP contribution in [0.3, 0.4) is 0 Å². The van der Waals surface area contributed by atoms with Gasteiger partial charge in [0.05, 0.1) is 13.0 Å². The zero-order valence-electron chi connectivity index (χ0n) is 12.6. The molecule has 0 heterocycles. The fourth-order valence-electron chi connectivity index (χ4n) is 2.60. The number of carboxylic acid groups (broad SMARTS) is 1. The Bertz CT molecular complexity index is 666. The summed E-state index contributed by atoms with van der Waals surface area (Å²) in [6.07, 6.45) is 0.754. The maximum absolute atomic E-state index is 11.3. The molecule has 1 unspecified atom stereocenters. The van der Waals surface area contributed by atoms with Crippen molar-refractivity contribution >= 4 is 16.7 Å². The van der Waals surface area contributed by atoms with E-state index in [0.29, 0.717) is 0 Å². The van der Waals surface area contributed by atoms with Crippen molar-refractivity contribution in [3.8, 4) is 5.75 Å². The second kappa shape index (κ2) is 6.14. The molecule has 3 N–H and O–H groups in total. The third kappa shape index (κ3) is 2.85. The first-order chi connectivity index (χ1) is 9.99. The van der Waals surface area contributed by atoms with Crippen LogP contribution in [-0.4, -0.2) is 18.2 Å². The smallest absolute Gasteiger partial charge is 0.310 e. The number of aliphatic carboxylic acids is 1. The van der Waals surface area contributed by atoms with Crippen LogP contribution in [0.25, 0.3) is 10.8 Å². The zero-order chi connectivity index (χ0) is 15.6. The number of rotatable bonds is 5. The Morgan fingerprint density at radius 3 is 2.62 bits per heavy atom. The maximum Gasteiger partial charge on any atom is 0.310 e. The molecule has 0 spiro atoms. The molecule has 0 radical (unpaired) electrons. The van der Waals surface area contributed by atoms with Crippen molar-refractivity contribution in [1.82, 2.24) is 0 Å². The molecular weight excluding hydrogens is 266 g/mol. The van der Waals surface area contributed by atoms with Crippen molar-refractivity contribution in [1.29, 1.82) is 0 Å². The maximum atomic E-state index is 11.3. The molecule has 2 rings (SSSR count). The van der Waals surface area contributed by atoms with Crippen molar-refractivity contribution in [2.45, 2.75) is 32.2 Å². The SMILES string of the molecule is CCC(N)c1c([C@H](C)C(=O)O)ccc2cc(OC)ccc12. The number of benzene rings is 2. The van der Waals surface area contributed by atoms with E-state index < -0.39 is 11.9 Å². The molecule has 0 aliphatic rings. The van der Waals surface area contributed by atoms with Crippen molar-refractivity contribution in [3.63, 3.8) is 0 Å². The van der Waals surface area contributed by atoms with Crippen LogP contribution in [0.1, 0.15) is 43.4 Å². The summed E-state index contributed by atoms with van der Waals surface area (Å²) in [6.45, 7) is 3.70. The lowest BCUT2D eigenvalue weighted by Gasteiger charge is -2.20. The Morgan fingerprint density at radius 2 is 2.05 bits per heavy atom. The van der Waals surface area contributed by atoms with Gasteiger partial charge in [-0.2, -0.15) is 0 Å². The van der Waals surface area contributed by atoms with Gasteiger partial charge in [0.15, 0.2) is 0 Å². The highest BCUT2D eigenvalue weighted by Crippen LogP contribution is 2.34. The molecule has 0 bridgehead atoms. The van der Waals surface area contributed by atoms with Crippen molar-refractivity contribution < 1.29 is 14.6 Å². The van der Waals surface area contributed by atoms with Gasteiger partial charge in [-0.15, -0.1) is 0 Å². The second-order valence-electron chi connectivity index (χ2n) is 5.23. The number of carboxylic acids is 1. The van der Waals surface area contributed by atoms with Gasteiger partial charge in [-0.3, -0.25) is 4.79 Å². The largest absolute Gasteiger partial charge is 0.497 e. The van der Waals surface area contributed by atoms with Crippen LogP contribution in [0.2, 0.25) is 0 Å². The number of carbonyl (C=O) groups is 1. The molecule has 0 amide bonds. The van der Waals surface area contributed by atoms with E-state index in [4.69, 9.17) is 10.5 Å². The van der Waals surface area contributed by atoms with Gasteiger partial charge < -0.3 is 15.6 Å². The average Bonchev–Trinajstić information content (AvgIpc) is 2.51. The molecule has 0 aromatic heterocycles. The summed E-state index contributed by atoms with van der Waals surface area (Å²) >= 11 is 0. The second-order valence-corrected chi connectivity index (χ2v) is 5.23. The molecule has 21 heavy (non-hydrogen) atoms. The lowest BCUT2D eigenvalue weighted by molar-refractivity contribution is -0.138. The molecule has 2 aromatic carbocycles. The summed E-state index contributed by atoms with van der Waals surface area (Å²) in [5.41, 5.74) is 7.96. The number of hydrogen-bond acceptors (Lipinski definition) is 3. The Balaban J connectivity index is 2.73. The number of methoxy groups -OCH3 is 1. The van der Waals surface area contributed by atoms with E-state index in [2.05, 4.69) is 0 Å². The van der Waals surface area contributed by atoms with Crippen LogP contribution in [0.5, 0.6) is 5.75 Å². The third-order valence-electron chi connectivity index (χ3n) is 3.95. The molecular formula is C17H21NO3. The Hall–Kier alpha value is -2.07. The molecule has 0 aliphatic carbocycles. The third-order valence-corrected chi connectivity index (χ3v) is 3.95. The van der Waals surface area contributed by atoms with E-state index in [9.17, 15) is 9.90 Å². The lowest BCUT2D eigenvalue weighted by Crippen LogP contribution is -2.16. The molecule has 112 valence electrons. The standard InChI is InChI=1S/C17H21NO3/c1-4-15(18)16-13(10(2)17(19)20)7-5-11-9-12(21-3)6-8-14(11)16/h5-10,15H,4,18H2,1-3H3,(H,19,20)/t10-,15?/m0/s1. The summed E-state index contributed by atoms with van der Waals surface area (Å²) in [5, 5.41) is 11.3. The Morgan fingerprint density at radius 1 is 1.33 bits per heavy atom. The van der Waals surface area contributed by atoms with Gasteiger partial charge in [0.25, 0.3) is 0 Å². The first-order valence-electron chi connectivity index (χ1n) is 7.08. The van der Waals surface area contributed by atoms with Crippen LogP contribution < -0.4 is 10.5 Å². The van der Waals surface area contributed by atoms with E-state index in [1.54, 1.807) is 14.0 Å². The predicted molar refractivity (Wildman–Crippen MR) is 83.8 cm³/mol. The molecule has 0 fully saturated rings. The minimum absolute atomic E-state index is 0.182. The van der Waals surface area contributed by atoms with Crippen molar-refractivity contribution in [3.05, 3.63) is 41.5 Å². The van der Waals surface area contributed by atoms with Gasteiger partial charge in [0.1, 0.15) is 5.75 Å². The lowest BCUT2D eigenvalue weighted by atomic mass is 9.87. The molecule has 0 saturated heterocycles. The Kier molecular flexibility index (Phi) is 4.48. The summed E-state index contributed by atoms with van der Waals surface area (Å²) in [5.74, 6) is -0.644. The molecule has 2 atom stereocenters. The highest BCUT2D eigenvalue weighted by atomic mass is 16.5. The van der Waals surface area contributed by atoms with Crippen LogP contribution in [0.15, 0.2) is 30.3 Å². The number of fused-ring (bicyclic) bond motifs is 1. The van der Waals surface area contributed by atoms with E-state index >= 15 is 0 Å². The van der Waals surface area contributed by atoms with Crippen LogP contribution in [0.4, 0.5) is 0 Å². The van der Waals surface area contributed by atoms with E-state index in [0.717, 1.165) is 34.1 Å². The minimum atomic E-state index is -0.840. The highest BCUT2D eigenvalue weighted by molar-refractivity contribution is 5.90. The van der Waals surface area contributed by atoms with E-state index in [1.165, 1.54) is 0 Å². The number of ether oxygens (including phenoxy) is 1. The van der Waals surface area contributed by atoms with Gasteiger partial charge in [-0.25, -0.2) is 0 Å². The van der Waals surface area contributed by atoms with Gasteiger partial charge >= 0.3 is 5.97 Å². The van der Waals surface area contributed by atoms with E-state index in [1.807, 2.05) is 37.3 Å². The quantitative estimate of drug-likeness (QED) is 0.883. The van der Waals surface area contributed by atoms with Gasteiger partial charge in [0, 0.05) is 6.04 Å². The average molecular weight is 287 g/mol. The molecule has 4 heteroatoms. The van der Waals surface area contributed by atoms with Crippen molar-refractivity contribution in [2.24, 2.45) is 5.73 Å². The van der Waals surface area contributed by atoms with E-state index in [-0.39, 0.29) is 6.04 Å². The summed E-state index contributed by atoms with van der Waals surface area (Å²) in [7, 11) is 1.63. The van der Waals surface area contributed by atoms with Gasteiger partial charge in [-0.05, 0) is 47.4 Å². The first kappa shape index (κ1) is 15.3. The summed E-state index contributed by atoms with van der Waals surface area (Å²) in [6, 6.07) is 9.39. The number of nitrogens with two attached hydrogens (primary N) is 1. The van der Waals surface area contributed by atoms with Crippen LogP contribution in [-0.2, 0) is 4.79 Å². The zero-order valence-corrected chi connectivity index (χ0v) is 12.6.